The van der Waals surface area contributed by atoms with Crippen molar-refractivity contribution in [3.8, 4) is 0 Å². The van der Waals surface area contributed by atoms with Crippen molar-refractivity contribution in [3.63, 3.8) is 0 Å². The first-order valence-electron chi connectivity index (χ1n) is 7.27. The fraction of sp³-hybridized carbons (Fsp3) is 0.857. The highest BCUT2D eigenvalue weighted by atomic mass is 16.5. The van der Waals surface area contributed by atoms with Crippen molar-refractivity contribution in [1.82, 2.24) is 9.80 Å². The summed E-state index contributed by atoms with van der Waals surface area (Å²) in [6, 6.07) is -0.0369. The maximum absolute atomic E-state index is 12.5. The molecule has 1 aliphatic heterocycles. The van der Waals surface area contributed by atoms with Gasteiger partial charge in [0.05, 0.1) is 6.61 Å². The highest BCUT2D eigenvalue weighted by Crippen LogP contribution is 2.13. The molecule has 0 unspecified atom stereocenters. The maximum atomic E-state index is 12.5. The standard InChI is InChI=1S/C14H26N2O3/c1-4-19-13(17)11-16(12(2)3)14(18)15-9-7-5-6-8-10-15/h12H,4-11H2,1-3H3. The molecule has 2 amide bonds. The second kappa shape index (κ2) is 8.02. The number of likely N-dealkylation sites (tertiary alicyclic amines) is 1. The largest absolute Gasteiger partial charge is 0.465 e. The molecule has 0 aromatic carbocycles. The number of esters is 1. The Morgan fingerprint density at radius 1 is 1.16 bits per heavy atom. The van der Waals surface area contributed by atoms with Gasteiger partial charge in [0, 0.05) is 19.1 Å². The third-order valence-corrected chi connectivity index (χ3v) is 3.35. The number of hydrogen-bond donors (Lipinski definition) is 0. The van der Waals surface area contributed by atoms with Gasteiger partial charge in [0.1, 0.15) is 6.54 Å². The van der Waals surface area contributed by atoms with Crippen LogP contribution in [-0.2, 0) is 9.53 Å². The number of carbonyl (C=O) groups is 2. The molecule has 0 bridgehead atoms. The Balaban J connectivity index is 2.63. The van der Waals surface area contributed by atoms with E-state index >= 15 is 0 Å². The minimum absolute atomic E-state index is 0.000147. The fourth-order valence-electron chi connectivity index (χ4n) is 2.26. The van der Waals surface area contributed by atoms with Crippen LogP contribution < -0.4 is 0 Å². The van der Waals surface area contributed by atoms with Crippen molar-refractivity contribution >= 4 is 12.0 Å². The van der Waals surface area contributed by atoms with Crippen LogP contribution >= 0.6 is 0 Å². The average Bonchev–Trinajstić information content (AvgIpc) is 2.64. The van der Waals surface area contributed by atoms with Gasteiger partial charge in [-0.2, -0.15) is 0 Å². The molecule has 0 aromatic rings. The summed E-state index contributed by atoms with van der Waals surface area (Å²) < 4.78 is 4.93. The van der Waals surface area contributed by atoms with E-state index in [0.717, 1.165) is 25.9 Å². The molecule has 5 heteroatoms. The van der Waals surface area contributed by atoms with Crippen LogP contribution in [0.5, 0.6) is 0 Å². The van der Waals surface area contributed by atoms with Crippen molar-refractivity contribution in [1.29, 1.82) is 0 Å². The van der Waals surface area contributed by atoms with E-state index in [-0.39, 0.29) is 24.6 Å². The third kappa shape index (κ3) is 5.09. The maximum Gasteiger partial charge on any atom is 0.325 e. The molecule has 0 aromatic heterocycles. The molecule has 19 heavy (non-hydrogen) atoms. The van der Waals surface area contributed by atoms with Gasteiger partial charge in [-0.3, -0.25) is 4.79 Å². The van der Waals surface area contributed by atoms with Crippen LogP contribution in [0, 0.1) is 0 Å². The number of urea groups is 1. The smallest absolute Gasteiger partial charge is 0.325 e. The summed E-state index contributed by atoms with van der Waals surface area (Å²) in [5, 5.41) is 0. The zero-order valence-electron chi connectivity index (χ0n) is 12.4. The Morgan fingerprint density at radius 3 is 2.21 bits per heavy atom. The van der Waals surface area contributed by atoms with Crippen LogP contribution in [0.4, 0.5) is 4.79 Å². The summed E-state index contributed by atoms with van der Waals surface area (Å²) in [6.07, 6.45) is 4.47. The first kappa shape index (κ1) is 15.8. The van der Waals surface area contributed by atoms with E-state index in [4.69, 9.17) is 4.74 Å². The van der Waals surface area contributed by atoms with Crippen LogP contribution in [-0.4, -0.2) is 54.1 Å². The van der Waals surface area contributed by atoms with E-state index in [2.05, 4.69) is 0 Å². The summed E-state index contributed by atoms with van der Waals surface area (Å²) in [5.41, 5.74) is 0. The monoisotopic (exact) mass is 270 g/mol. The Kier molecular flexibility index (Phi) is 6.67. The Bertz CT molecular complexity index is 297. The van der Waals surface area contributed by atoms with Gasteiger partial charge in [0.15, 0.2) is 0 Å². The second-order valence-corrected chi connectivity index (χ2v) is 5.21. The van der Waals surface area contributed by atoms with Crippen molar-refractivity contribution in [2.45, 2.75) is 52.5 Å². The van der Waals surface area contributed by atoms with E-state index in [1.54, 1.807) is 11.8 Å². The van der Waals surface area contributed by atoms with Crippen LogP contribution in [0.25, 0.3) is 0 Å². The van der Waals surface area contributed by atoms with Gasteiger partial charge < -0.3 is 14.5 Å². The van der Waals surface area contributed by atoms with Gasteiger partial charge in [0.2, 0.25) is 0 Å². The van der Waals surface area contributed by atoms with Gasteiger partial charge in [0.25, 0.3) is 0 Å². The Hall–Kier alpha value is -1.26. The lowest BCUT2D eigenvalue weighted by molar-refractivity contribution is -0.144. The lowest BCUT2D eigenvalue weighted by Gasteiger charge is -2.32. The summed E-state index contributed by atoms with van der Waals surface area (Å²) in [6.45, 7) is 7.61. The van der Waals surface area contributed by atoms with Gasteiger partial charge in [-0.1, -0.05) is 12.8 Å². The average molecular weight is 270 g/mol. The molecule has 5 nitrogen and oxygen atoms in total. The molecule has 110 valence electrons. The molecule has 1 aliphatic rings. The van der Waals surface area contributed by atoms with Crippen LogP contribution in [0.3, 0.4) is 0 Å². The van der Waals surface area contributed by atoms with Crippen molar-refractivity contribution < 1.29 is 14.3 Å². The molecule has 0 radical (unpaired) electrons. The molecule has 1 fully saturated rings. The van der Waals surface area contributed by atoms with Crippen molar-refractivity contribution in [2.24, 2.45) is 0 Å². The van der Waals surface area contributed by atoms with Crippen LogP contribution in [0.15, 0.2) is 0 Å². The Labute approximate surface area is 115 Å². The SMILES string of the molecule is CCOC(=O)CN(C(=O)N1CCCCCC1)C(C)C. The fourth-order valence-corrected chi connectivity index (χ4v) is 2.26. The molecular formula is C14H26N2O3. The summed E-state index contributed by atoms with van der Waals surface area (Å²) in [5.74, 6) is -0.334. The predicted octanol–water partition coefficient (Wildman–Crippen LogP) is 2.26. The van der Waals surface area contributed by atoms with E-state index in [1.807, 2.05) is 18.7 Å². The molecule has 0 aliphatic carbocycles. The quantitative estimate of drug-likeness (QED) is 0.736. The number of hydrogen-bond acceptors (Lipinski definition) is 3. The number of ether oxygens (including phenoxy) is 1. The van der Waals surface area contributed by atoms with Gasteiger partial charge in [-0.25, -0.2) is 4.79 Å². The number of nitrogens with zero attached hydrogens (tertiary/aromatic N) is 2. The zero-order valence-corrected chi connectivity index (χ0v) is 12.4. The highest BCUT2D eigenvalue weighted by molar-refractivity contribution is 5.81. The lowest BCUT2D eigenvalue weighted by Crippen LogP contribution is -2.49. The predicted molar refractivity (Wildman–Crippen MR) is 73.9 cm³/mol. The Morgan fingerprint density at radius 2 is 1.74 bits per heavy atom. The first-order valence-corrected chi connectivity index (χ1v) is 7.27. The first-order chi connectivity index (χ1) is 9.06. The van der Waals surface area contributed by atoms with Crippen LogP contribution in [0.2, 0.25) is 0 Å². The van der Waals surface area contributed by atoms with Gasteiger partial charge in [-0.15, -0.1) is 0 Å². The molecule has 1 heterocycles. The molecular weight excluding hydrogens is 244 g/mol. The highest BCUT2D eigenvalue weighted by Gasteiger charge is 2.26. The number of rotatable bonds is 4. The van der Waals surface area contributed by atoms with E-state index < -0.39 is 0 Å². The zero-order chi connectivity index (χ0) is 14.3. The van der Waals surface area contributed by atoms with E-state index in [9.17, 15) is 9.59 Å². The van der Waals surface area contributed by atoms with Gasteiger partial charge >= 0.3 is 12.0 Å². The number of carbonyl (C=O) groups excluding carboxylic acids is 2. The summed E-state index contributed by atoms with van der Waals surface area (Å²) in [4.78, 5) is 27.5. The molecule has 0 N–H and O–H groups in total. The third-order valence-electron chi connectivity index (χ3n) is 3.35. The van der Waals surface area contributed by atoms with Crippen molar-refractivity contribution in [2.75, 3.05) is 26.2 Å². The minimum atomic E-state index is -0.334. The van der Waals surface area contributed by atoms with Crippen LogP contribution in [0.1, 0.15) is 46.5 Å². The summed E-state index contributed by atoms with van der Waals surface area (Å²) in [7, 11) is 0. The molecule has 0 saturated carbocycles. The summed E-state index contributed by atoms with van der Waals surface area (Å²) >= 11 is 0. The van der Waals surface area contributed by atoms with E-state index in [1.165, 1.54) is 12.8 Å². The molecule has 0 spiro atoms. The number of amides is 2. The minimum Gasteiger partial charge on any atom is -0.465 e. The van der Waals surface area contributed by atoms with Crippen molar-refractivity contribution in [3.05, 3.63) is 0 Å². The second-order valence-electron chi connectivity index (χ2n) is 5.21. The molecule has 0 atom stereocenters. The molecule has 1 rings (SSSR count). The van der Waals surface area contributed by atoms with E-state index in [0.29, 0.717) is 6.61 Å². The topological polar surface area (TPSA) is 49.9 Å². The molecule has 1 saturated heterocycles. The van der Waals surface area contributed by atoms with Gasteiger partial charge in [-0.05, 0) is 33.6 Å². The lowest BCUT2D eigenvalue weighted by atomic mass is 10.2. The normalized spacial score (nSPS) is 16.1.